The molecule has 98 valence electrons. The van der Waals surface area contributed by atoms with Crippen molar-refractivity contribution in [1.29, 1.82) is 0 Å². The van der Waals surface area contributed by atoms with Crippen LogP contribution in [0, 0.1) is 5.92 Å². The molecule has 5 heteroatoms. The highest BCUT2D eigenvalue weighted by Gasteiger charge is 2.17. The van der Waals surface area contributed by atoms with E-state index < -0.39 is 23.6 Å². The van der Waals surface area contributed by atoms with Gasteiger partial charge in [-0.2, -0.15) is 0 Å². The number of carbonyl (C=O) groups is 2. The number of carboxylic acids is 1. The maximum absolute atomic E-state index is 11.4. The summed E-state index contributed by atoms with van der Waals surface area (Å²) in [6, 6.07) is -0.272. The minimum absolute atomic E-state index is 0.272. The smallest absolute Gasteiger partial charge is 0.408 e. The van der Waals surface area contributed by atoms with Crippen LogP contribution >= 0.6 is 0 Å². The first-order chi connectivity index (χ1) is 7.61. The van der Waals surface area contributed by atoms with Crippen LogP contribution in [0.15, 0.2) is 12.2 Å². The van der Waals surface area contributed by atoms with Crippen LogP contribution in [0.25, 0.3) is 0 Å². The highest BCUT2D eigenvalue weighted by molar-refractivity contribution is 5.71. The van der Waals surface area contributed by atoms with Gasteiger partial charge in [0.25, 0.3) is 0 Å². The minimum atomic E-state index is -0.897. The van der Waals surface area contributed by atoms with E-state index in [0.29, 0.717) is 0 Å². The minimum Gasteiger partial charge on any atom is -0.481 e. The molecular formula is C12H21NO4. The summed E-state index contributed by atoms with van der Waals surface area (Å²) in [7, 11) is 0. The lowest BCUT2D eigenvalue weighted by Crippen LogP contribution is -2.36. The number of rotatable bonds is 4. The molecule has 0 heterocycles. The van der Waals surface area contributed by atoms with Crippen LogP contribution in [0.1, 0.15) is 34.6 Å². The predicted molar refractivity (Wildman–Crippen MR) is 64.8 cm³/mol. The molecule has 17 heavy (non-hydrogen) atoms. The lowest BCUT2D eigenvalue weighted by Gasteiger charge is -2.21. The summed E-state index contributed by atoms with van der Waals surface area (Å²) in [4.78, 5) is 21.9. The standard InChI is InChI=1S/C12H21NO4/c1-8(10(14)15)6-7-9(2)13-11(16)17-12(3,4)5/h6-9H,1-5H3,(H,13,16)(H,14,15)/b7-6-. The zero-order valence-electron chi connectivity index (χ0n) is 11.0. The van der Waals surface area contributed by atoms with Gasteiger partial charge in [-0.3, -0.25) is 4.79 Å². The highest BCUT2D eigenvalue weighted by atomic mass is 16.6. The van der Waals surface area contributed by atoms with Gasteiger partial charge in [0.05, 0.1) is 5.92 Å². The number of carbonyl (C=O) groups excluding carboxylic acids is 1. The summed E-state index contributed by atoms with van der Waals surface area (Å²) >= 11 is 0. The molecular weight excluding hydrogens is 222 g/mol. The molecule has 0 rings (SSSR count). The molecule has 2 atom stereocenters. The van der Waals surface area contributed by atoms with E-state index in [9.17, 15) is 9.59 Å². The van der Waals surface area contributed by atoms with E-state index in [1.54, 1.807) is 40.7 Å². The number of amides is 1. The third-order valence-corrected chi connectivity index (χ3v) is 1.82. The number of carboxylic acid groups (broad SMARTS) is 1. The number of nitrogens with one attached hydrogen (secondary N) is 1. The van der Waals surface area contributed by atoms with Crippen LogP contribution in [0.3, 0.4) is 0 Å². The first-order valence-electron chi connectivity index (χ1n) is 5.52. The van der Waals surface area contributed by atoms with Crippen LogP contribution in [0.4, 0.5) is 4.79 Å². The van der Waals surface area contributed by atoms with Gasteiger partial charge in [-0.25, -0.2) is 4.79 Å². The SMILES string of the molecule is CC(/C=C\C(C)C(=O)O)NC(=O)OC(C)(C)C. The molecule has 0 saturated carbocycles. The zero-order valence-corrected chi connectivity index (χ0v) is 11.0. The van der Waals surface area contributed by atoms with Crippen LogP contribution < -0.4 is 5.32 Å². The van der Waals surface area contributed by atoms with Crippen molar-refractivity contribution in [3.8, 4) is 0 Å². The second-order valence-corrected chi connectivity index (χ2v) is 4.95. The molecule has 0 fully saturated rings. The number of aliphatic carboxylic acids is 1. The van der Waals surface area contributed by atoms with Gasteiger partial charge < -0.3 is 15.2 Å². The van der Waals surface area contributed by atoms with Gasteiger partial charge in [0.15, 0.2) is 0 Å². The van der Waals surface area contributed by atoms with Crippen LogP contribution in [0.2, 0.25) is 0 Å². The molecule has 0 saturated heterocycles. The predicted octanol–water partition coefficient (Wildman–Crippen LogP) is 2.18. The van der Waals surface area contributed by atoms with E-state index in [1.807, 2.05) is 0 Å². The molecule has 0 bridgehead atoms. The van der Waals surface area contributed by atoms with Gasteiger partial charge in [0.1, 0.15) is 5.60 Å². The second kappa shape index (κ2) is 6.27. The Bertz CT molecular complexity index is 304. The first kappa shape index (κ1) is 15.5. The van der Waals surface area contributed by atoms with Crippen molar-refractivity contribution < 1.29 is 19.4 Å². The third-order valence-electron chi connectivity index (χ3n) is 1.82. The number of ether oxygens (including phenoxy) is 1. The van der Waals surface area contributed by atoms with Gasteiger partial charge in [0, 0.05) is 6.04 Å². The van der Waals surface area contributed by atoms with E-state index >= 15 is 0 Å². The first-order valence-corrected chi connectivity index (χ1v) is 5.52. The Balaban J connectivity index is 4.14. The average molecular weight is 243 g/mol. The van der Waals surface area contributed by atoms with E-state index in [2.05, 4.69) is 5.32 Å². The molecule has 1 amide bonds. The van der Waals surface area contributed by atoms with Crippen molar-refractivity contribution >= 4 is 12.1 Å². The fraction of sp³-hybridized carbons (Fsp3) is 0.667. The topological polar surface area (TPSA) is 75.6 Å². The van der Waals surface area contributed by atoms with Gasteiger partial charge in [-0.15, -0.1) is 0 Å². The Morgan fingerprint density at radius 1 is 1.24 bits per heavy atom. The van der Waals surface area contributed by atoms with Crippen molar-refractivity contribution in [1.82, 2.24) is 5.32 Å². The van der Waals surface area contributed by atoms with Gasteiger partial charge in [0.2, 0.25) is 0 Å². The number of alkyl carbamates (subject to hydrolysis) is 1. The maximum Gasteiger partial charge on any atom is 0.408 e. The molecule has 2 N–H and O–H groups in total. The monoisotopic (exact) mass is 243 g/mol. The van der Waals surface area contributed by atoms with Crippen LogP contribution in [0.5, 0.6) is 0 Å². The summed E-state index contributed by atoms with van der Waals surface area (Å²) in [5.74, 6) is -1.47. The van der Waals surface area contributed by atoms with E-state index in [1.165, 1.54) is 6.08 Å². The molecule has 0 aliphatic carbocycles. The molecule has 0 spiro atoms. The van der Waals surface area contributed by atoms with Crippen LogP contribution in [-0.4, -0.2) is 28.8 Å². The molecule has 0 radical (unpaired) electrons. The Labute approximate surface area is 102 Å². The van der Waals surface area contributed by atoms with Gasteiger partial charge in [-0.1, -0.05) is 12.2 Å². The van der Waals surface area contributed by atoms with E-state index in [-0.39, 0.29) is 6.04 Å². The molecule has 0 aromatic carbocycles. The average Bonchev–Trinajstić information content (AvgIpc) is 2.10. The highest BCUT2D eigenvalue weighted by Crippen LogP contribution is 2.07. The molecule has 5 nitrogen and oxygen atoms in total. The third kappa shape index (κ3) is 8.30. The Morgan fingerprint density at radius 2 is 1.76 bits per heavy atom. The number of hydrogen-bond donors (Lipinski definition) is 2. The van der Waals surface area contributed by atoms with Crippen LogP contribution in [-0.2, 0) is 9.53 Å². The van der Waals surface area contributed by atoms with Crippen molar-refractivity contribution in [2.75, 3.05) is 0 Å². The summed E-state index contributed by atoms with van der Waals surface area (Å²) in [5, 5.41) is 11.3. The molecule has 0 aromatic rings. The Kier molecular flexibility index (Phi) is 5.71. The Morgan fingerprint density at radius 3 is 2.18 bits per heavy atom. The lowest BCUT2D eigenvalue weighted by atomic mass is 10.1. The number of hydrogen-bond acceptors (Lipinski definition) is 3. The molecule has 0 aromatic heterocycles. The van der Waals surface area contributed by atoms with Gasteiger partial charge in [-0.05, 0) is 34.6 Å². The fourth-order valence-corrected chi connectivity index (χ4v) is 0.957. The van der Waals surface area contributed by atoms with E-state index in [4.69, 9.17) is 9.84 Å². The zero-order chi connectivity index (χ0) is 13.6. The van der Waals surface area contributed by atoms with E-state index in [0.717, 1.165) is 0 Å². The summed E-state index contributed by atoms with van der Waals surface area (Å²) in [5.41, 5.74) is -0.540. The lowest BCUT2D eigenvalue weighted by molar-refractivity contribution is -0.139. The summed E-state index contributed by atoms with van der Waals surface area (Å²) in [6.45, 7) is 8.65. The molecule has 2 unspecified atom stereocenters. The maximum atomic E-state index is 11.4. The van der Waals surface area contributed by atoms with Crippen molar-refractivity contribution in [3.05, 3.63) is 12.2 Å². The van der Waals surface area contributed by atoms with Crippen molar-refractivity contribution in [3.63, 3.8) is 0 Å². The molecule has 0 aliphatic heterocycles. The normalized spacial score (nSPS) is 15.4. The van der Waals surface area contributed by atoms with Gasteiger partial charge >= 0.3 is 12.1 Å². The Hall–Kier alpha value is -1.52. The summed E-state index contributed by atoms with van der Waals surface area (Å²) < 4.78 is 5.06. The van der Waals surface area contributed by atoms with Crippen molar-refractivity contribution in [2.24, 2.45) is 5.92 Å². The largest absolute Gasteiger partial charge is 0.481 e. The quantitative estimate of drug-likeness (QED) is 0.742. The summed E-state index contributed by atoms with van der Waals surface area (Å²) in [6.07, 6.45) is 2.64. The van der Waals surface area contributed by atoms with Crippen molar-refractivity contribution in [2.45, 2.75) is 46.3 Å². The molecule has 0 aliphatic rings. The fourth-order valence-electron chi connectivity index (χ4n) is 0.957. The second-order valence-electron chi connectivity index (χ2n) is 4.95.